The first-order chi connectivity index (χ1) is 9.53. The van der Waals surface area contributed by atoms with Crippen molar-refractivity contribution in [1.29, 1.82) is 5.26 Å². The van der Waals surface area contributed by atoms with Crippen LogP contribution in [0.2, 0.25) is 0 Å². The molecule has 1 aromatic rings. The molecule has 4 nitrogen and oxygen atoms in total. The third-order valence-electron chi connectivity index (χ3n) is 3.48. The van der Waals surface area contributed by atoms with E-state index in [9.17, 15) is 8.42 Å². The molecule has 0 saturated heterocycles. The van der Waals surface area contributed by atoms with Gasteiger partial charge in [0, 0.05) is 6.54 Å². The van der Waals surface area contributed by atoms with E-state index >= 15 is 0 Å². The smallest absolute Gasteiger partial charge is 0.179 e. The highest BCUT2D eigenvalue weighted by Gasteiger charge is 2.14. The molecule has 110 valence electrons. The number of sulfone groups is 1. The van der Waals surface area contributed by atoms with Crippen molar-refractivity contribution >= 4 is 9.84 Å². The van der Waals surface area contributed by atoms with Crippen molar-refractivity contribution in [1.82, 2.24) is 5.32 Å². The number of benzene rings is 1. The van der Waals surface area contributed by atoms with Crippen molar-refractivity contribution in [2.75, 3.05) is 18.8 Å². The van der Waals surface area contributed by atoms with Crippen molar-refractivity contribution in [2.24, 2.45) is 5.92 Å². The molecule has 0 saturated carbocycles. The number of hydrogen-bond donors (Lipinski definition) is 1. The Morgan fingerprint density at radius 3 is 2.30 bits per heavy atom. The van der Waals surface area contributed by atoms with Crippen molar-refractivity contribution in [3.63, 3.8) is 0 Å². The molecule has 0 bridgehead atoms. The summed E-state index contributed by atoms with van der Waals surface area (Å²) in [6.07, 6.45) is 2.21. The van der Waals surface area contributed by atoms with Gasteiger partial charge in [-0.15, -0.1) is 0 Å². The van der Waals surface area contributed by atoms with Crippen LogP contribution in [0.4, 0.5) is 0 Å². The third-order valence-corrected chi connectivity index (χ3v) is 5.21. The van der Waals surface area contributed by atoms with Crippen molar-refractivity contribution in [3.05, 3.63) is 29.8 Å². The maximum Gasteiger partial charge on any atom is 0.179 e. The van der Waals surface area contributed by atoms with E-state index in [-0.39, 0.29) is 10.6 Å². The standard InChI is InChI=1S/C15H22N2O2S/c1-3-13(4-2)12-17-9-10-20(18,19)15-7-5-14(11-16)6-8-15/h5-8,13,17H,3-4,9-10,12H2,1-2H3. The summed E-state index contributed by atoms with van der Waals surface area (Å²) in [5, 5.41) is 11.9. The molecule has 0 aliphatic carbocycles. The van der Waals surface area contributed by atoms with E-state index in [1.165, 1.54) is 24.3 Å². The van der Waals surface area contributed by atoms with E-state index in [0.29, 0.717) is 18.0 Å². The second-order valence-electron chi connectivity index (χ2n) is 4.84. The molecule has 0 aliphatic rings. The summed E-state index contributed by atoms with van der Waals surface area (Å²) in [7, 11) is -3.27. The molecule has 20 heavy (non-hydrogen) atoms. The van der Waals surface area contributed by atoms with Gasteiger partial charge in [-0.3, -0.25) is 0 Å². The highest BCUT2D eigenvalue weighted by molar-refractivity contribution is 7.91. The molecule has 0 fully saturated rings. The molecule has 0 amide bonds. The Morgan fingerprint density at radius 1 is 1.20 bits per heavy atom. The molecule has 0 spiro atoms. The molecule has 0 heterocycles. The minimum Gasteiger partial charge on any atom is -0.315 e. The first kappa shape index (κ1) is 16.7. The lowest BCUT2D eigenvalue weighted by Crippen LogP contribution is -2.27. The summed E-state index contributed by atoms with van der Waals surface area (Å²) in [6, 6.07) is 8.03. The van der Waals surface area contributed by atoms with E-state index < -0.39 is 9.84 Å². The van der Waals surface area contributed by atoms with Gasteiger partial charge in [-0.25, -0.2) is 8.42 Å². The topological polar surface area (TPSA) is 70.0 Å². The lowest BCUT2D eigenvalue weighted by atomic mass is 10.0. The fourth-order valence-electron chi connectivity index (χ4n) is 1.94. The van der Waals surface area contributed by atoms with Gasteiger partial charge in [-0.05, 0) is 36.7 Å². The molecule has 1 aromatic carbocycles. The molecule has 5 heteroatoms. The van der Waals surface area contributed by atoms with Gasteiger partial charge in [0.05, 0.1) is 22.3 Å². The Hall–Kier alpha value is -1.38. The Bertz CT molecular complexity index is 540. The molecular weight excluding hydrogens is 272 g/mol. The summed E-state index contributed by atoms with van der Waals surface area (Å²) >= 11 is 0. The molecule has 1 rings (SSSR count). The summed E-state index contributed by atoms with van der Waals surface area (Å²) in [5.41, 5.74) is 0.468. The van der Waals surface area contributed by atoms with Crippen LogP contribution in [-0.2, 0) is 9.84 Å². The predicted molar refractivity (Wildman–Crippen MR) is 80.2 cm³/mol. The van der Waals surface area contributed by atoms with Crippen LogP contribution in [-0.4, -0.2) is 27.3 Å². The van der Waals surface area contributed by atoms with Gasteiger partial charge in [0.1, 0.15) is 0 Å². The number of nitrogens with zero attached hydrogens (tertiary/aromatic N) is 1. The van der Waals surface area contributed by atoms with Gasteiger partial charge in [0.25, 0.3) is 0 Å². The van der Waals surface area contributed by atoms with Crippen LogP contribution in [0.1, 0.15) is 32.3 Å². The van der Waals surface area contributed by atoms with E-state index in [0.717, 1.165) is 19.4 Å². The molecular formula is C15H22N2O2S. The summed E-state index contributed by atoms with van der Waals surface area (Å²) < 4.78 is 24.2. The first-order valence-electron chi connectivity index (χ1n) is 6.97. The number of rotatable bonds is 8. The zero-order chi connectivity index (χ0) is 15.0. The Balaban J connectivity index is 2.51. The Labute approximate surface area is 121 Å². The van der Waals surface area contributed by atoms with Crippen molar-refractivity contribution in [2.45, 2.75) is 31.6 Å². The zero-order valence-corrected chi connectivity index (χ0v) is 12.9. The predicted octanol–water partition coefficient (Wildman–Crippen LogP) is 2.36. The molecule has 0 radical (unpaired) electrons. The van der Waals surface area contributed by atoms with Crippen LogP contribution in [0, 0.1) is 17.2 Å². The average molecular weight is 294 g/mol. The summed E-state index contributed by atoms with van der Waals surface area (Å²) in [5.74, 6) is 0.687. The fourth-order valence-corrected chi connectivity index (χ4v) is 3.14. The summed E-state index contributed by atoms with van der Waals surface area (Å²) in [6.45, 7) is 5.60. The molecule has 1 N–H and O–H groups in total. The lowest BCUT2D eigenvalue weighted by molar-refractivity contribution is 0.456. The first-order valence-corrected chi connectivity index (χ1v) is 8.62. The second-order valence-corrected chi connectivity index (χ2v) is 6.95. The van der Waals surface area contributed by atoms with Crippen LogP contribution < -0.4 is 5.32 Å². The van der Waals surface area contributed by atoms with Crippen LogP contribution in [0.15, 0.2) is 29.2 Å². The van der Waals surface area contributed by atoms with E-state index in [1.54, 1.807) is 0 Å². The average Bonchev–Trinajstić information content (AvgIpc) is 2.47. The molecule has 0 aromatic heterocycles. The molecule has 0 unspecified atom stereocenters. The minimum atomic E-state index is -3.27. The van der Waals surface area contributed by atoms with Gasteiger partial charge >= 0.3 is 0 Å². The number of hydrogen-bond acceptors (Lipinski definition) is 4. The monoisotopic (exact) mass is 294 g/mol. The lowest BCUT2D eigenvalue weighted by Gasteiger charge is -2.13. The zero-order valence-electron chi connectivity index (χ0n) is 12.1. The Morgan fingerprint density at radius 2 is 1.80 bits per heavy atom. The van der Waals surface area contributed by atoms with Gasteiger partial charge in [0.15, 0.2) is 9.84 Å². The van der Waals surface area contributed by atoms with Gasteiger partial charge in [-0.1, -0.05) is 26.7 Å². The van der Waals surface area contributed by atoms with E-state index in [4.69, 9.17) is 5.26 Å². The Kier molecular flexibility index (Phi) is 6.69. The highest BCUT2D eigenvalue weighted by Crippen LogP contribution is 2.12. The van der Waals surface area contributed by atoms with Crippen LogP contribution >= 0.6 is 0 Å². The fraction of sp³-hybridized carbons (Fsp3) is 0.533. The van der Waals surface area contributed by atoms with E-state index in [1.807, 2.05) is 6.07 Å². The SMILES string of the molecule is CCC(CC)CNCCS(=O)(=O)c1ccc(C#N)cc1. The van der Waals surface area contributed by atoms with Gasteiger partial charge in [0.2, 0.25) is 0 Å². The normalized spacial score (nSPS) is 11.5. The maximum absolute atomic E-state index is 12.1. The number of nitriles is 1. The summed E-state index contributed by atoms with van der Waals surface area (Å²) in [4.78, 5) is 0.279. The van der Waals surface area contributed by atoms with Crippen LogP contribution in [0.3, 0.4) is 0 Å². The minimum absolute atomic E-state index is 0.0824. The van der Waals surface area contributed by atoms with E-state index in [2.05, 4.69) is 19.2 Å². The molecule has 0 aliphatic heterocycles. The quantitative estimate of drug-likeness (QED) is 0.747. The number of nitrogens with one attached hydrogen (secondary N) is 1. The molecule has 0 atom stereocenters. The van der Waals surface area contributed by atoms with Crippen LogP contribution in [0.25, 0.3) is 0 Å². The van der Waals surface area contributed by atoms with Gasteiger partial charge < -0.3 is 5.32 Å². The largest absolute Gasteiger partial charge is 0.315 e. The second kappa shape index (κ2) is 8.03. The highest BCUT2D eigenvalue weighted by atomic mass is 32.2. The van der Waals surface area contributed by atoms with Crippen molar-refractivity contribution in [3.8, 4) is 6.07 Å². The van der Waals surface area contributed by atoms with Crippen molar-refractivity contribution < 1.29 is 8.42 Å². The third kappa shape index (κ3) is 4.95. The maximum atomic E-state index is 12.1. The van der Waals surface area contributed by atoms with Crippen LogP contribution in [0.5, 0.6) is 0 Å². The van der Waals surface area contributed by atoms with Gasteiger partial charge in [-0.2, -0.15) is 5.26 Å².